The molecular formula is C11H12Cl2F3NO2. The van der Waals surface area contributed by atoms with Crippen LogP contribution in [0.2, 0.25) is 5.02 Å². The van der Waals surface area contributed by atoms with Gasteiger partial charge in [-0.3, -0.25) is 4.79 Å². The van der Waals surface area contributed by atoms with Gasteiger partial charge in [0, 0.05) is 6.04 Å². The van der Waals surface area contributed by atoms with Gasteiger partial charge in [0.25, 0.3) is 0 Å². The number of hydrogen-bond acceptors (Lipinski definition) is 3. The minimum Gasteiger partial charge on any atom is -0.469 e. The Hall–Kier alpha value is -0.980. The fourth-order valence-electron chi connectivity index (χ4n) is 1.43. The van der Waals surface area contributed by atoms with E-state index in [9.17, 15) is 18.0 Å². The number of esters is 1. The highest BCUT2D eigenvalue weighted by molar-refractivity contribution is 6.32. The molecule has 19 heavy (non-hydrogen) atoms. The van der Waals surface area contributed by atoms with Crippen LogP contribution in [0.1, 0.15) is 23.6 Å². The second-order valence-electron chi connectivity index (χ2n) is 3.59. The van der Waals surface area contributed by atoms with E-state index in [1.54, 1.807) is 0 Å². The van der Waals surface area contributed by atoms with Gasteiger partial charge in [-0.25, -0.2) is 0 Å². The topological polar surface area (TPSA) is 52.3 Å². The molecule has 0 radical (unpaired) electrons. The Bertz CT molecular complexity index is 452. The Kier molecular flexibility index (Phi) is 6.62. The van der Waals surface area contributed by atoms with E-state index < -0.39 is 28.8 Å². The second-order valence-corrected chi connectivity index (χ2v) is 3.97. The second kappa shape index (κ2) is 6.98. The van der Waals surface area contributed by atoms with Gasteiger partial charge in [0.05, 0.1) is 24.1 Å². The molecule has 0 fully saturated rings. The van der Waals surface area contributed by atoms with Crippen LogP contribution in [0, 0.1) is 0 Å². The molecule has 0 spiro atoms. The monoisotopic (exact) mass is 317 g/mol. The maximum Gasteiger partial charge on any atom is 0.417 e. The third kappa shape index (κ3) is 4.56. The van der Waals surface area contributed by atoms with Crippen molar-refractivity contribution in [2.75, 3.05) is 7.11 Å². The first-order valence-corrected chi connectivity index (χ1v) is 5.33. The molecule has 1 aromatic rings. The van der Waals surface area contributed by atoms with E-state index in [0.717, 1.165) is 6.07 Å². The highest BCUT2D eigenvalue weighted by atomic mass is 35.5. The van der Waals surface area contributed by atoms with Gasteiger partial charge in [-0.05, 0) is 11.6 Å². The van der Waals surface area contributed by atoms with Crippen LogP contribution in [0.25, 0.3) is 0 Å². The summed E-state index contributed by atoms with van der Waals surface area (Å²) in [4.78, 5) is 11.0. The molecule has 2 N–H and O–H groups in total. The quantitative estimate of drug-likeness (QED) is 0.870. The van der Waals surface area contributed by atoms with Crippen molar-refractivity contribution in [3.63, 3.8) is 0 Å². The third-order valence-electron chi connectivity index (χ3n) is 2.35. The van der Waals surface area contributed by atoms with Gasteiger partial charge in [-0.1, -0.05) is 23.7 Å². The Morgan fingerprint density at radius 1 is 1.47 bits per heavy atom. The zero-order valence-corrected chi connectivity index (χ0v) is 11.4. The van der Waals surface area contributed by atoms with Crippen LogP contribution in [0.15, 0.2) is 18.2 Å². The van der Waals surface area contributed by atoms with Crippen LogP contribution in [-0.2, 0) is 15.7 Å². The van der Waals surface area contributed by atoms with Crippen LogP contribution >= 0.6 is 24.0 Å². The van der Waals surface area contributed by atoms with Crippen LogP contribution in [0.3, 0.4) is 0 Å². The lowest BCUT2D eigenvalue weighted by Gasteiger charge is -2.16. The molecule has 0 aliphatic rings. The van der Waals surface area contributed by atoms with E-state index in [4.69, 9.17) is 17.3 Å². The smallest absolute Gasteiger partial charge is 0.417 e. The third-order valence-corrected chi connectivity index (χ3v) is 2.77. The molecule has 8 heteroatoms. The number of ether oxygens (including phenoxy) is 1. The van der Waals surface area contributed by atoms with Gasteiger partial charge in [-0.2, -0.15) is 13.2 Å². The molecular weight excluding hydrogens is 306 g/mol. The number of carbonyl (C=O) groups excluding carboxylic acids is 1. The van der Waals surface area contributed by atoms with Gasteiger partial charge < -0.3 is 10.5 Å². The Labute approximate surface area is 119 Å². The molecule has 0 heterocycles. The minimum absolute atomic E-state index is 0. The lowest BCUT2D eigenvalue weighted by Crippen LogP contribution is -2.18. The van der Waals surface area contributed by atoms with Crippen molar-refractivity contribution >= 4 is 30.0 Å². The zero-order valence-electron chi connectivity index (χ0n) is 9.83. The Morgan fingerprint density at radius 2 is 2.05 bits per heavy atom. The summed E-state index contributed by atoms with van der Waals surface area (Å²) < 4.78 is 42.2. The van der Waals surface area contributed by atoms with E-state index in [-0.39, 0.29) is 24.4 Å². The molecule has 1 atom stereocenters. The average Bonchev–Trinajstić information content (AvgIpc) is 2.27. The van der Waals surface area contributed by atoms with E-state index in [0.29, 0.717) is 0 Å². The lowest BCUT2D eigenvalue weighted by molar-refractivity contribution is -0.141. The molecule has 0 aromatic heterocycles. The highest BCUT2D eigenvalue weighted by Gasteiger charge is 2.34. The Morgan fingerprint density at radius 3 is 2.53 bits per heavy atom. The van der Waals surface area contributed by atoms with Gasteiger partial charge in [0.1, 0.15) is 0 Å². The molecule has 0 aliphatic carbocycles. The molecule has 0 saturated heterocycles. The van der Waals surface area contributed by atoms with Crippen molar-refractivity contribution in [3.8, 4) is 0 Å². The maximum atomic E-state index is 12.6. The van der Waals surface area contributed by atoms with Crippen LogP contribution in [-0.4, -0.2) is 13.1 Å². The standard InChI is InChI=1S/C11H11ClF3NO2.ClH/c1-18-9(17)5-8(16)6-3-2-4-7(10(6)12)11(13,14)15;/h2-4,8H,5,16H2,1H3;1H/t8-;/m0./s1. The summed E-state index contributed by atoms with van der Waals surface area (Å²) in [7, 11) is 1.17. The van der Waals surface area contributed by atoms with Crippen molar-refractivity contribution in [3.05, 3.63) is 34.3 Å². The maximum absolute atomic E-state index is 12.6. The van der Waals surface area contributed by atoms with Crippen LogP contribution < -0.4 is 5.73 Å². The average molecular weight is 318 g/mol. The van der Waals surface area contributed by atoms with Crippen molar-refractivity contribution in [2.24, 2.45) is 5.73 Å². The summed E-state index contributed by atoms with van der Waals surface area (Å²) in [6.45, 7) is 0. The van der Waals surface area contributed by atoms with E-state index in [1.807, 2.05) is 0 Å². The summed E-state index contributed by atoms with van der Waals surface area (Å²) in [5.41, 5.74) is 4.73. The fourth-order valence-corrected chi connectivity index (χ4v) is 1.80. The van der Waals surface area contributed by atoms with Crippen molar-refractivity contribution < 1.29 is 22.7 Å². The Balaban J connectivity index is 0.00000324. The predicted octanol–water partition coefficient (Wildman–Crippen LogP) is 3.34. The normalized spacial score (nSPS) is 12.5. The summed E-state index contributed by atoms with van der Waals surface area (Å²) in [6.07, 6.45) is -4.80. The number of rotatable bonds is 3. The van der Waals surface area contributed by atoms with Crippen LogP contribution in [0.5, 0.6) is 0 Å². The molecule has 1 aromatic carbocycles. The number of carbonyl (C=O) groups is 1. The summed E-state index contributed by atoms with van der Waals surface area (Å²) >= 11 is 5.66. The van der Waals surface area contributed by atoms with Crippen molar-refractivity contribution in [1.82, 2.24) is 0 Å². The number of alkyl halides is 3. The van der Waals surface area contributed by atoms with Gasteiger partial charge in [-0.15, -0.1) is 12.4 Å². The largest absolute Gasteiger partial charge is 0.469 e. The van der Waals surface area contributed by atoms with Gasteiger partial charge >= 0.3 is 12.1 Å². The molecule has 0 amide bonds. The van der Waals surface area contributed by atoms with E-state index in [1.165, 1.54) is 19.2 Å². The predicted molar refractivity (Wildman–Crippen MR) is 67.3 cm³/mol. The highest BCUT2D eigenvalue weighted by Crippen LogP contribution is 2.38. The summed E-state index contributed by atoms with van der Waals surface area (Å²) in [5, 5.41) is -0.485. The molecule has 0 aliphatic heterocycles. The van der Waals surface area contributed by atoms with Crippen LogP contribution in [0.4, 0.5) is 13.2 Å². The number of hydrogen-bond donors (Lipinski definition) is 1. The molecule has 1 rings (SSSR count). The fraction of sp³-hybridized carbons (Fsp3) is 0.364. The first kappa shape index (κ1) is 18.0. The first-order chi connectivity index (χ1) is 8.27. The van der Waals surface area contributed by atoms with Crippen molar-refractivity contribution in [1.29, 1.82) is 0 Å². The molecule has 108 valence electrons. The van der Waals surface area contributed by atoms with Crippen molar-refractivity contribution in [2.45, 2.75) is 18.6 Å². The number of benzene rings is 1. The molecule has 0 unspecified atom stereocenters. The van der Waals surface area contributed by atoms with E-state index in [2.05, 4.69) is 4.74 Å². The van der Waals surface area contributed by atoms with Gasteiger partial charge in [0.15, 0.2) is 0 Å². The SMILES string of the molecule is COC(=O)C[C@H](N)c1cccc(C(F)(F)F)c1Cl.Cl. The number of methoxy groups -OCH3 is 1. The van der Waals surface area contributed by atoms with Gasteiger partial charge in [0.2, 0.25) is 0 Å². The summed E-state index contributed by atoms with van der Waals surface area (Å²) in [6, 6.07) is 2.47. The molecule has 0 saturated carbocycles. The lowest BCUT2D eigenvalue weighted by atomic mass is 10.0. The van der Waals surface area contributed by atoms with E-state index >= 15 is 0 Å². The minimum atomic E-state index is -4.56. The number of halogens is 5. The zero-order chi connectivity index (χ0) is 13.9. The number of nitrogens with two attached hydrogens (primary N) is 1. The summed E-state index contributed by atoms with van der Waals surface area (Å²) in [5.74, 6) is -0.615. The molecule has 0 bridgehead atoms. The first-order valence-electron chi connectivity index (χ1n) is 4.95. The molecule has 3 nitrogen and oxygen atoms in total.